The van der Waals surface area contributed by atoms with Crippen LogP contribution < -0.4 is 5.32 Å². The summed E-state index contributed by atoms with van der Waals surface area (Å²) >= 11 is 0. The van der Waals surface area contributed by atoms with Crippen LogP contribution in [0.2, 0.25) is 0 Å². The van der Waals surface area contributed by atoms with Gasteiger partial charge in [0.25, 0.3) is 0 Å². The van der Waals surface area contributed by atoms with Crippen molar-refractivity contribution >= 4 is 12.7 Å². The summed E-state index contributed by atoms with van der Waals surface area (Å²) in [6, 6.07) is 0.117. The lowest BCUT2D eigenvalue weighted by Gasteiger charge is -2.30. The second kappa shape index (κ2) is 4.21. The number of nitrogens with zero attached hydrogens (tertiary/aromatic N) is 2. The topological polar surface area (TPSA) is 44.7 Å². The molecule has 1 fully saturated rings. The van der Waals surface area contributed by atoms with Crippen molar-refractivity contribution in [2.24, 2.45) is 4.99 Å². The molecule has 0 bridgehead atoms. The third-order valence-electron chi connectivity index (χ3n) is 2.29. The normalized spacial score (nSPS) is 18.8. The largest absolute Gasteiger partial charge is 0.342 e. The number of hydrogen-bond donors (Lipinski definition) is 1. The maximum absolute atomic E-state index is 11.1. The van der Waals surface area contributed by atoms with E-state index in [-0.39, 0.29) is 6.03 Å². The minimum Gasteiger partial charge on any atom is -0.323 e. The Morgan fingerprint density at radius 3 is 2.67 bits per heavy atom. The predicted molar refractivity (Wildman–Crippen MR) is 48.6 cm³/mol. The van der Waals surface area contributed by atoms with E-state index in [0.717, 1.165) is 25.9 Å². The zero-order chi connectivity index (χ0) is 8.97. The Morgan fingerprint density at radius 2 is 2.17 bits per heavy atom. The molecule has 0 saturated carbocycles. The quantitative estimate of drug-likeness (QED) is 0.581. The van der Waals surface area contributed by atoms with E-state index in [2.05, 4.69) is 17.0 Å². The van der Waals surface area contributed by atoms with Gasteiger partial charge in [0.2, 0.25) is 0 Å². The third-order valence-corrected chi connectivity index (χ3v) is 2.29. The van der Waals surface area contributed by atoms with E-state index in [9.17, 15) is 4.79 Å². The molecular weight excluding hydrogens is 154 g/mol. The Labute approximate surface area is 72.7 Å². The molecule has 0 aliphatic carbocycles. The lowest BCUT2D eigenvalue weighted by atomic mass is 10.1. The minimum atomic E-state index is -0.220. The Bertz CT molecular complexity index is 175. The van der Waals surface area contributed by atoms with E-state index in [1.807, 2.05) is 0 Å². The first-order chi connectivity index (χ1) is 5.75. The van der Waals surface area contributed by atoms with E-state index < -0.39 is 0 Å². The number of aliphatic imine (C=N–C) groups is 1. The maximum Gasteiger partial charge on any atom is 0.342 e. The summed E-state index contributed by atoms with van der Waals surface area (Å²) in [7, 11) is 1.78. The van der Waals surface area contributed by atoms with Gasteiger partial charge in [0.1, 0.15) is 0 Å². The molecule has 0 radical (unpaired) electrons. The summed E-state index contributed by atoms with van der Waals surface area (Å²) in [5.74, 6) is 0. The average molecular weight is 169 g/mol. The number of nitrogens with one attached hydrogen (secondary N) is 1. The lowest BCUT2D eigenvalue weighted by molar-refractivity contribution is 0.186. The van der Waals surface area contributed by atoms with Crippen LogP contribution in [-0.4, -0.2) is 43.8 Å². The fraction of sp³-hybridized carbons (Fsp3) is 0.750. The molecular formula is C8H15N3O. The van der Waals surface area contributed by atoms with Crippen LogP contribution in [0.25, 0.3) is 0 Å². The van der Waals surface area contributed by atoms with E-state index in [1.54, 1.807) is 11.9 Å². The molecule has 1 rings (SSSR count). The molecule has 4 heteroatoms. The molecule has 1 aliphatic heterocycles. The highest BCUT2D eigenvalue weighted by molar-refractivity contribution is 5.78. The van der Waals surface area contributed by atoms with Crippen molar-refractivity contribution in [3.05, 3.63) is 0 Å². The van der Waals surface area contributed by atoms with Crippen molar-refractivity contribution in [1.29, 1.82) is 0 Å². The fourth-order valence-electron chi connectivity index (χ4n) is 1.46. The molecule has 68 valence electrons. The standard InChI is InChI=1S/C8H15N3O/c1-9-8(12)11(2)7-3-5-10-6-4-7/h7,10H,1,3-6H2,2H3. The van der Waals surface area contributed by atoms with E-state index >= 15 is 0 Å². The van der Waals surface area contributed by atoms with Gasteiger partial charge in [-0.2, -0.15) is 0 Å². The van der Waals surface area contributed by atoms with Crippen LogP contribution in [0.3, 0.4) is 0 Å². The molecule has 0 spiro atoms. The number of piperidine rings is 1. The minimum absolute atomic E-state index is 0.220. The molecule has 4 nitrogen and oxygen atoms in total. The van der Waals surface area contributed by atoms with Crippen LogP contribution in [0.15, 0.2) is 4.99 Å². The van der Waals surface area contributed by atoms with Crippen LogP contribution in [0.4, 0.5) is 4.79 Å². The monoisotopic (exact) mass is 169 g/mol. The van der Waals surface area contributed by atoms with Gasteiger partial charge in [-0.1, -0.05) is 0 Å². The molecule has 0 aromatic carbocycles. The highest BCUT2D eigenvalue weighted by Crippen LogP contribution is 2.10. The first-order valence-electron chi connectivity index (χ1n) is 4.20. The zero-order valence-corrected chi connectivity index (χ0v) is 7.42. The van der Waals surface area contributed by atoms with Gasteiger partial charge >= 0.3 is 6.03 Å². The second-order valence-corrected chi connectivity index (χ2v) is 3.03. The summed E-state index contributed by atoms with van der Waals surface area (Å²) in [6.07, 6.45) is 2.02. The smallest absolute Gasteiger partial charge is 0.323 e. The third kappa shape index (κ3) is 2.04. The molecule has 0 aromatic heterocycles. The number of amides is 2. The molecule has 12 heavy (non-hydrogen) atoms. The lowest BCUT2D eigenvalue weighted by Crippen LogP contribution is -2.42. The van der Waals surface area contributed by atoms with E-state index in [0.29, 0.717) is 6.04 Å². The SMILES string of the molecule is C=NC(=O)N(C)C1CCNCC1. The highest BCUT2D eigenvalue weighted by atomic mass is 16.2. The van der Waals surface area contributed by atoms with Gasteiger partial charge in [-0.05, 0) is 32.6 Å². The molecule has 1 aliphatic rings. The number of urea groups is 1. The number of hydrogen-bond acceptors (Lipinski definition) is 2. The van der Waals surface area contributed by atoms with Crippen LogP contribution >= 0.6 is 0 Å². The van der Waals surface area contributed by atoms with Crippen molar-refractivity contribution < 1.29 is 4.79 Å². The Morgan fingerprint density at radius 1 is 1.58 bits per heavy atom. The maximum atomic E-state index is 11.1. The molecule has 0 aromatic rings. The molecule has 0 atom stereocenters. The number of rotatable bonds is 1. The van der Waals surface area contributed by atoms with Crippen LogP contribution in [0.5, 0.6) is 0 Å². The highest BCUT2D eigenvalue weighted by Gasteiger charge is 2.20. The molecule has 0 unspecified atom stereocenters. The average Bonchev–Trinajstić information content (AvgIpc) is 2.17. The van der Waals surface area contributed by atoms with Crippen LogP contribution in [0, 0.1) is 0 Å². The van der Waals surface area contributed by atoms with Gasteiger partial charge in [0.05, 0.1) is 0 Å². The van der Waals surface area contributed by atoms with Gasteiger partial charge in [-0.15, -0.1) is 0 Å². The van der Waals surface area contributed by atoms with Crippen LogP contribution in [0.1, 0.15) is 12.8 Å². The predicted octanol–water partition coefficient (Wildman–Crippen LogP) is 0.491. The second-order valence-electron chi connectivity index (χ2n) is 3.03. The van der Waals surface area contributed by atoms with Crippen molar-refractivity contribution in [3.8, 4) is 0 Å². The van der Waals surface area contributed by atoms with Gasteiger partial charge in [-0.3, -0.25) is 0 Å². The van der Waals surface area contributed by atoms with Crippen LogP contribution in [-0.2, 0) is 0 Å². The molecule has 1 saturated heterocycles. The Balaban J connectivity index is 2.44. The Kier molecular flexibility index (Phi) is 3.22. The van der Waals surface area contributed by atoms with Gasteiger partial charge in [-0.25, -0.2) is 9.79 Å². The van der Waals surface area contributed by atoms with Gasteiger partial charge < -0.3 is 10.2 Å². The number of carbonyl (C=O) groups is 1. The fourth-order valence-corrected chi connectivity index (χ4v) is 1.46. The molecule has 1 heterocycles. The van der Waals surface area contributed by atoms with Gasteiger partial charge in [0, 0.05) is 13.1 Å². The summed E-state index contributed by atoms with van der Waals surface area (Å²) in [4.78, 5) is 16.1. The number of carbonyl (C=O) groups excluding carboxylic acids is 1. The van der Waals surface area contributed by atoms with E-state index in [4.69, 9.17) is 0 Å². The van der Waals surface area contributed by atoms with Gasteiger partial charge in [0.15, 0.2) is 0 Å². The van der Waals surface area contributed by atoms with E-state index in [1.165, 1.54) is 0 Å². The van der Waals surface area contributed by atoms with Crippen molar-refractivity contribution in [1.82, 2.24) is 10.2 Å². The first kappa shape index (κ1) is 9.19. The van der Waals surface area contributed by atoms with Crippen molar-refractivity contribution in [2.75, 3.05) is 20.1 Å². The first-order valence-corrected chi connectivity index (χ1v) is 4.20. The summed E-state index contributed by atoms with van der Waals surface area (Å²) in [5, 5.41) is 3.24. The summed E-state index contributed by atoms with van der Waals surface area (Å²) in [5.41, 5.74) is 0. The zero-order valence-electron chi connectivity index (χ0n) is 7.42. The molecule has 1 N–H and O–H groups in total. The Hall–Kier alpha value is -0.900. The summed E-state index contributed by atoms with van der Waals surface area (Å²) < 4.78 is 0. The summed E-state index contributed by atoms with van der Waals surface area (Å²) in [6.45, 7) is 5.19. The van der Waals surface area contributed by atoms with Crippen molar-refractivity contribution in [2.45, 2.75) is 18.9 Å². The van der Waals surface area contributed by atoms with Crippen molar-refractivity contribution in [3.63, 3.8) is 0 Å². The molecule has 2 amide bonds.